The summed E-state index contributed by atoms with van der Waals surface area (Å²) < 4.78 is 5.27. The highest BCUT2D eigenvalue weighted by atomic mass is 16.5. The molecule has 0 bridgehead atoms. The van der Waals surface area contributed by atoms with Crippen molar-refractivity contribution in [1.82, 2.24) is 10.6 Å². The lowest BCUT2D eigenvalue weighted by molar-refractivity contribution is 0.0596. The van der Waals surface area contributed by atoms with Gasteiger partial charge in [-0.3, -0.25) is 0 Å². The molecule has 1 unspecified atom stereocenters. The smallest absolute Gasteiger partial charge is 0.118 e. The van der Waals surface area contributed by atoms with Gasteiger partial charge in [0, 0.05) is 25.0 Å². The maximum Gasteiger partial charge on any atom is 0.118 e. The molecule has 0 radical (unpaired) electrons. The molecule has 1 aliphatic heterocycles. The molecule has 4 nitrogen and oxygen atoms in total. The first-order chi connectivity index (χ1) is 10.7. The molecule has 22 heavy (non-hydrogen) atoms. The van der Waals surface area contributed by atoms with Crippen LogP contribution in [0.3, 0.4) is 0 Å². The summed E-state index contributed by atoms with van der Waals surface area (Å²) in [6.45, 7) is 3.25. The van der Waals surface area contributed by atoms with Crippen LogP contribution in [0.1, 0.15) is 37.7 Å². The molecular formula is C18H28N2O2. The minimum Gasteiger partial charge on any atom is -0.497 e. The number of ether oxygens (including phenoxy) is 1. The highest BCUT2D eigenvalue weighted by Crippen LogP contribution is 2.41. The van der Waals surface area contributed by atoms with E-state index in [1.54, 1.807) is 7.11 Å². The van der Waals surface area contributed by atoms with Crippen LogP contribution in [0.15, 0.2) is 24.3 Å². The Morgan fingerprint density at radius 1 is 1.14 bits per heavy atom. The molecule has 1 aromatic carbocycles. The van der Waals surface area contributed by atoms with Crippen LogP contribution >= 0.6 is 0 Å². The first-order valence-corrected chi connectivity index (χ1v) is 8.44. The van der Waals surface area contributed by atoms with Gasteiger partial charge in [0.25, 0.3) is 0 Å². The average Bonchev–Trinajstić information content (AvgIpc) is 3.18. The van der Waals surface area contributed by atoms with E-state index in [0.717, 1.165) is 25.3 Å². The Labute approximate surface area is 133 Å². The fourth-order valence-corrected chi connectivity index (χ4v) is 3.98. The van der Waals surface area contributed by atoms with E-state index >= 15 is 0 Å². The second-order valence-corrected chi connectivity index (χ2v) is 6.97. The third-order valence-corrected chi connectivity index (χ3v) is 5.40. The lowest BCUT2D eigenvalue weighted by Gasteiger charge is -2.32. The molecule has 122 valence electrons. The summed E-state index contributed by atoms with van der Waals surface area (Å²) in [4.78, 5) is 0. The van der Waals surface area contributed by atoms with Crippen molar-refractivity contribution >= 4 is 0 Å². The summed E-state index contributed by atoms with van der Waals surface area (Å²) in [6.07, 6.45) is 5.88. The number of benzene rings is 1. The van der Waals surface area contributed by atoms with E-state index in [1.807, 2.05) is 0 Å². The van der Waals surface area contributed by atoms with Gasteiger partial charge in [0.2, 0.25) is 0 Å². The summed E-state index contributed by atoms with van der Waals surface area (Å²) >= 11 is 0. The fraction of sp³-hybridized carbons (Fsp3) is 0.667. The van der Waals surface area contributed by atoms with Gasteiger partial charge in [-0.2, -0.15) is 0 Å². The molecule has 0 spiro atoms. The van der Waals surface area contributed by atoms with Crippen LogP contribution < -0.4 is 15.4 Å². The van der Waals surface area contributed by atoms with E-state index in [4.69, 9.17) is 4.74 Å². The van der Waals surface area contributed by atoms with Crippen molar-refractivity contribution in [3.05, 3.63) is 29.8 Å². The van der Waals surface area contributed by atoms with Gasteiger partial charge in [0.05, 0.1) is 12.7 Å². The zero-order valence-corrected chi connectivity index (χ0v) is 13.5. The molecule has 1 heterocycles. The zero-order valence-electron chi connectivity index (χ0n) is 13.5. The summed E-state index contributed by atoms with van der Waals surface area (Å²) in [7, 11) is 1.71. The summed E-state index contributed by atoms with van der Waals surface area (Å²) in [5.41, 5.74) is 1.05. The van der Waals surface area contributed by atoms with Crippen molar-refractivity contribution in [2.75, 3.05) is 33.3 Å². The molecule has 3 rings (SSSR count). The maximum absolute atomic E-state index is 10.4. The van der Waals surface area contributed by atoms with Gasteiger partial charge in [-0.25, -0.2) is 0 Å². The van der Waals surface area contributed by atoms with Gasteiger partial charge in [-0.05, 0) is 43.5 Å². The molecule has 1 atom stereocenters. The molecular weight excluding hydrogens is 276 g/mol. The standard InChI is InChI=1S/C18H28N2O2/c1-22-16-6-4-15(5-7-16)17(8-2-3-9-17)12-20-14-18(21)10-11-19-13-18/h4-7,19-21H,2-3,8-14H2,1H3. The van der Waals surface area contributed by atoms with E-state index in [0.29, 0.717) is 13.1 Å². The molecule has 3 N–H and O–H groups in total. The molecule has 2 fully saturated rings. The first kappa shape index (κ1) is 15.8. The van der Waals surface area contributed by atoms with Crippen LogP contribution in [0, 0.1) is 0 Å². The second-order valence-electron chi connectivity index (χ2n) is 6.97. The van der Waals surface area contributed by atoms with Gasteiger partial charge < -0.3 is 20.5 Å². The van der Waals surface area contributed by atoms with Crippen molar-refractivity contribution in [3.63, 3.8) is 0 Å². The molecule has 0 aromatic heterocycles. The van der Waals surface area contributed by atoms with Crippen LogP contribution in [-0.4, -0.2) is 44.0 Å². The Balaban J connectivity index is 1.65. The topological polar surface area (TPSA) is 53.5 Å². The molecule has 0 amide bonds. The Morgan fingerprint density at radius 3 is 2.45 bits per heavy atom. The van der Waals surface area contributed by atoms with Gasteiger partial charge in [-0.1, -0.05) is 25.0 Å². The average molecular weight is 304 g/mol. The van der Waals surface area contributed by atoms with E-state index < -0.39 is 5.60 Å². The number of rotatable bonds is 6. The first-order valence-electron chi connectivity index (χ1n) is 8.44. The number of aliphatic hydroxyl groups is 1. The quantitative estimate of drug-likeness (QED) is 0.750. The molecule has 1 saturated heterocycles. The molecule has 1 aliphatic carbocycles. The fourth-order valence-electron chi connectivity index (χ4n) is 3.98. The van der Waals surface area contributed by atoms with E-state index in [2.05, 4.69) is 34.9 Å². The summed E-state index contributed by atoms with van der Waals surface area (Å²) in [6, 6.07) is 8.53. The number of nitrogens with one attached hydrogen (secondary N) is 2. The Hall–Kier alpha value is -1.10. The van der Waals surface area contributed by atoms with Crippen LogP contribution in [0.5, 0.6) is 5.75 Å². The normalized spacial score (nSPS) is 27.2. The van der Waals surface area contributed by atoms with Crippen molar-refractivity contribution in [3.8, 4) is 5.75 Å². The number of hydrogen-bond acceptors (Lipinski definition) is 4. The summed E-state index contributed by atoms with van der Waals surface area (Å²) in [5, 5.41) is 17.2. The molecule has 4 heteroatoms. The number of β-amino-alcohol motifs (C(OH)–C–C–N with tert-alkyl or cyclic N) is 1. The highest BCUT2D eigenvalue weighted by Gasteiger charge is 2.37. The minimum atomic E-state index is -0.570. The number of methoxy groups -OCH3 is 1. The highest BCUT2D eigenvalue weighted by molar-refractivity contribution is 5.33. The van der Waals surface area contributed by atoms with E-state index in [9.17, 15) is 5.11 Å². The van der Waals surface area contributed by atoms with Gasteiger partial charge in [0.15, 0.2) is 0 Å². The zero-order chi connectivity index (χ0) is 15.5. The lowest BCUT2D eigenvalue weighted by Crippen LogP contribution is -2.46. The van der Waals surface area contributed by atoms with Crippen LogP contribution in [0.2, 0.25) is 0 Å². The van der Waals surface area contributed by atoms with Gasteiger partial charge in [-0.15, -0.1) is 0 Å². The third-order valence-electron chi connectivity index (χ3n) is 5.40. The molecule has 1 aromatic rings. The van der Waals surface area contributed by atoms with Gasteiger partial charge >= 0.3 is 0 Å². The third kappa shape index (κ3) is 3.29. The molecule has 2 aliphatic rings. The van der Waals surface area contributed by atoms with Crippen molar-refractivity contribution in [2.45, 2.75) is 43.1 Å². The summed E-state index contributed by atoms with van der Waals surface area (Å²) in [5.74, 6) is 0.913. The SMILES string of the molecule is COc1ccc(C2(CNCC3(O)CCNC3)CCCC2)cc1. The van der Waals surface area contributed by atoms with Crippen LogP contribution in [-0.2, 0) is 5.41 Å². The monoisotopic (exact) mass is 304 g/mol. The van der Waals surface area contributed by atoms with Crippen molar-refractivity contribution in [1.29, 1.82) is 0 Å². The predicted octanol–water partition coefficient (Wildman–Crippen LogP) is 1.82. The maximum atomic E-state index is 10.4. The largest absolute Gasteiger partial charge is 0.497 e. The Kier molecular flexibility index (Phi) is 4.71. The van der Waals surface area contributed by atoms with E-state index in [-0.39, 0.29) is 5.41 Å². The number of hydrogen-bond donors (Lipinski definition) is 3. The lowest BCUT2D eigenvalue weighted by atomic mass is 9.78. The van der Waals surface area contributed by atoms with E-state index in [1.165, 1.54) is 31.2 Å². The van der Waals surface area contributed by atoms with Gasteiger partial charge in [0.1, 0.15) is 5.75 Å². The predicted molar refractivity (Wildman–Crippen MR) is 88.4 cm³/mol. The van der Waals surface area contributed by atoms with Crippen LogP contribution in [0.4, 0.5) is 0 Å². The van der Waals surface area contributed by atoms with Crippen molar-refractivity contribution < 1.29 is 9.84 Å². The van der Waals surface area contributed by atoms with Crippen LogP contribution in [0.25, 0.3) is 0 Å². The Bertz CT molecular complexity index is 474. The minimum absolute atomic E-state index is 0.217. The second kappa shape index (κ2) is 6.57. The Morgan fingerprint density at radius 2 is 1.86 bits per heavy atom. The van der Waals surface area contributed by atoms with Crippen molar-refractivity contribution in [2.24, 2.45) is 0 Å². The molecule has 1 saturated carbocycles.